The summed E-state index contributed by atoms with van der Waals surface area (Å²) in [6.45, 7) is 0. The van der Waals surface area contributed by atoms with Crippen LogP contribution >= 0.6 is 0 Å². The molecule has 7 heteroatoms. The van der Waals surface area contributed by atoms with E-state index in [2.05, 4.69) is 4.98 Å². The van der Waals surface area contributed by atoms with E-state index in [0.29, 0.717) is 0 Å². The Bertz CT molecular complexity index is 609. The lowest BCUT2D eigenvalue weighted by molar-refractivity contribution is 0.0691. The van der Waals surface area contributed by atoms with Crippen molar-refractivity contribution < 1.29 is 23.4 Å². The van der Waals surface area contributed by atoms with E-state index in [4.69, 9.17) is 20.0 Å². The third kappa shape index (κ3) is 1.97. The third-order valence-electron chi connectivity index (χ3n) is 2.26. The lowest BCUT2D eigenvalue weighted by Gasteiger charge is -2.03. The van der Waals surface area contributed by atoms with E-state index in [-0.39, 0.29) is 28.8 Å². The molecule has 2 rings (SSSR count). The molecule has 3 N–H and O–H groups in total. The molecule has 94 valence electrons. The SMILES string of the molecule is COc1ccc(-c2oc(N)nc2C(=O)O)cc1F. The topological polar surface area (TPSA) is 98.6 Å². The first-order valence-corrected chi connectivity index (χ1v) is 4.86. The van der Waals surface area contributed by atoms with Gasteiger partial charge < -0.3 is 20.0 Å². The minimum Gasteiger partial charge on any atom is -0.494 e. The van der Waals surface area contributed by atoms with Gasteiger partial charge in [0.2, 0.25) is 0 Å². The van der Waals surface area contributed by atoms with E-state index < -0.39 is 11.8 Å². The minimum absolute atomic E-state index is 0.0445. The van der Waals surface area contributed by atoms with E-state index in [1.54, 1.807) is 0 Å². The molecule has 0 atom stereocenters. The van der Waals surface area contributed by atoms with Gasteiger partial charge in [-0.3, -0.25) is 0 Å². The van der Waals surface area contributed by atoms with Gasteiger partial charge in [-0.2, -0.15) is 4.98 Å². The number of nitrogen functional groups attached to an aromatic ring is 1. The standard InChI is InChI=1S/C11H9FN2O4/c1-17-7-3-2-5(4-6(7)12)9-8(10(15)16)14-11(13)18-9/h2-4H,1H3,(H2,13,14)(H,15,16). The number of carboxylic acid groups (broad SMARTS) is 1. The number of hydrogen-bond donors (Lipinski definition) is 2. The average molecular weight is 252 g/mol. The molecular weight excluding hydrogens is 243 g/mol. The fraction of sp³-hybridized carbons (Fsp3) is 0.0909. The van der Waals surface area contributed by atoms with Gasteiger partial charge in [0.1, 0.15) is 0 Å². The van der Waals surface area contributed by atoms with Gasteiger partial charge in [-0.1, -0.05) is 0 Å². The Morgan fingerprint density at radius 3 is 2.83 bits per heavy atom. The van der Waals surface area contributed by atoms with E-state index >= 15 is 0 Å². The summed E-state index contributed by atoms with van der Waals surface area (Å²) in [5.41, 5.74) is 5.14. The highest BCUT2D eigenvalue weighted by atomic mass is 19.1. The maximum absolute atomic E-state index is 13.5. The summed E-state index contributed by atoms with van der Waals surface area (Å²) in [6, 6.07) is 3.60. The van der Waals surface area contributed by atoms with Gasteiger partial charge in [0, 0.05) is 5.56 Å². The number of nitrogens with zero attached hydrogens (tertiary/aromatic N) is 1. The number of carboxylic acids is 1. The molecule has 1 heterocycles. The highest BCUT2D eigenvalue weighted by Gasteiger charge is 2.20. The summed E-state index contributed by atoms with van der Waals surface area (Å²) in [5.74, 6) is -1.99. The Morgan fingerprint density at radius 2 is 2.28 bits per heavy atom. The van der Waals surface area contributed by atoms with Crippen molar-refractivity contribution in [3.63, 3.8) is 0 Å². The molecule has 0 aliphatic heterocycles. The van der Waals surface area contributed by atoms with Crippen LogP contribution in [0.1, 0.15) is 10.5 Å². The van der Waals surface area contributed by atoms with Crippen molar-refractivity contribution in [3.8, 4) is 17.1 Å². The fourth-order valence-electron chi connectivity index (χ4n) is 1.48. The van der Waals surface area contributed by atoms with Crippen molar-refractivity contribution in [2.75, 3.05) is 12.8 Å². The molecule has 0 spiro atoms. The molecule has 0 saturated heterocycles. The Kier molecular flexibility index (Phi) is 2.88. The lowest BCUT2D eigenvalue weighted by Crippen LogP contribution is -1.99. The van der Waals surface area contributed by atoms with Crippen LogP contribution in [0.4, 0.5) is 10.4 Å². The lowest BCUT2D eigenvalue weighted by atomic mass is 10.1. The fourth-order valence-corrected chi connectivity index (χ4v) is 1.48. The number of methoxy groups -OCH3 is 1. The number of benzene rings is 1. The van der Waals surface area contributed by atoms with Gasteiger partial charge in [-0.05, 0) is 18.2 Å². The first-order valence-electron chi connectivity index (χ1n) is 4.86. The molecule has 0 unspecified atom stereocenters. The Labute approximate surface area is 101 Å². The van der Waals surface area contributed by atoms with Crippen LogP contribution in [-0.2, 0) is 0 Å². The van der Waals surface area contributed by atoms with Crippen molar-refractivity contribution in [1.29, 1.82) is 0 Å². The van der Waals surface area contributed by atoms with Crippen molar-refractivity contribution >= 4 is 12.0 Å². The maximum atomic E-state index is 13.5. The van der Waals surface area contributed by atoms with E-state index in [1.807, 2.05) is 0 Å². The molecule has 0 aliphatic rings. The minimum atomic E-state index is -1.30. The van der Waals surface area contributed by atoms with Gasteiger partial charge in [0.25, 0.3) is 6.01 Å². The van der Waals surface area contributed by atoms with E-state index in [9.17, 15) is 9.18 Å². The summed E-state index contributed by atoms with van der Waals surface area (Å²) in [4.78, 5) is 14.4. The number of rotatable bonds is 3. The molecule has 0 radical (unpaired) electrons. The summed E-state index contributed by atoms with van der Waals surface area (Å²) < 4.78 is 23.2. The number of oxazole rings is 1. The molecule has 0 bridgehead atoms. The van der Waals surface area contributed by atoms with Gasteiger partial charge >= 0.3 is 5.97 Å². The Morgan fingerprint density at radius 1 is 1.56 bits per heavy atom. The second-order valence-corrected chi connectivity index (χ2v) is 3.38. The van der Waals surface area contributed by atoms with Crippen molar-refractivity contribution in [2.24, 2.45) is 0 Å². The number of ether oxygens (including phenoxy) is 1. The number of aromatic nitrogens is 1. The van der Waals surface area contributed by atoms with Crippen LogP contribution in [-0.4, -0.2) is 23.2 Å². The quantitative estimate of drug-likeness (QED) is 0.863. The van der Waals surface area contributed by atoms with Crippen LogP contribution < -0.4 is 10.5 Å². The summed E-state index contributed by atoms with van der Waals surface area (Å²) >= 11 is 0. The third-order valence-corrected chi connectivity index (χ3v) is 2.26. The number of nitrogens with two attached hydrogens (primary N) is 1. The molecule has 2 aromatic rings. The van der Waals surface area contributed by atoms with Crippen molar-refractivity contribution in [3.05, 3.63) is 29.7 Å². The molecule has 6 nitrogen and oxygen atoms in total. The molecule has 1 aromatic carbocycles. The van der Waals surface area contributed by atoms with E-state index in [1.165, 1.54) is 19.2 Å². The molecule has 0 saturated carbocycles. The molecule has 0 amide bonds. The maximum Gasteiger partial charge on any atom is 0.358 e. The van der Waals surface area contributed by atoms with Gasteiger partial charge in [0.15, 0.2) is 23.0 Å². The number of aromatic carboxylic acids is 1. The zero-order valence-corrected chi connectivity index (χ0v) is 9.31. The average Bonchev–Trinajstić information content (AvgIpc) is 2.71. The molecular formula is C11H9FN2O4. The number of anilines is 1. The van der Waals surface area contributed by atoms with Gasteiger partial charge in [-0.25, -0.2) is 9.18 Å². The smallest absolute Gasteiger partial charge is 0.358 e. The second-order valence-electron chi connectivity index (χ2n) is 3.38. The summed E-state index contributed by atoms with van der Waals surface area (Å²) in [5, 5.41) is 8.91. The first kappa shape index (κ1) is 11.9. The van der Waals surface area contributed by atoms with Crippen LogP contribution in [0, 0.1) is 5.82 Å². The normalized spacial score (nSPS) is 10.3. The Balaban J connectivity index is 2.55. The van der Waals surface area contributed by atoms with Crippen molar-refractivity contribution in [1.82, 2.24) is 4.98 Å². The number of halogens is 1. The van der Waals surface area contributed by atoms with E-state index in [0.717, 1.165) is 6.07 Å². The van der Waals surface area contributed by atoms with Crippen LogP contribution in [0.2, 0.25) is 0 Å². The van der Waals surface area contributed by atoms with Crippen LogP contribution in [0.5, 0.6) is 5.75 Å². The monoisotopic (exact) mass is 252 g/mol. The van der Waals surface area contributed by atoms with Crippen molar-refractivity contribution in [2.45, 2.75) is 0 Å². The molecule has 0 fully saturated rings. The van der Waals surface area contributed by atoms with Crippen LogP contribution in [0.25, 0.3) is 11.3 Å². The molecule has 1 aromatic heterocycles. The molecule has 0 aliphatic carbocycles. The molecule has 18 heavy (non-hydrogen) atoms. The zero-order chi connectivity index (χ0) is 13.3. The first-order chi connectivity index (χ1) is 8.52. The van der Waals surface area contributed by atoms with Crippen LogP contribution in [0.3, 0.4) is 0 Å². The summed E-state index contributed by atoms with van der Waals surface area (Å²) in [6.07, 6.45) is 0. The number of hydrogen-bond acceptors (Lipinski definition) is 5. The number of carbonyl (C=O) groups is 1. The predicted octanol–water partition coefficient (Wildman–Crippen LogP) is 1.77. The predicted molar refractivity (Wildman–Crippen MR) is 59.8 cm³/mol. The second kappa shape index (κ2) is 4.36. The largest absolute Gasteiger partial charge is 0.494 e. The highest BCUT2D eigenvalue weighted by Crippen LogP contribution is 2.29. The Hall–Kier alpha value is -2.57. The zero-order valence-electron chi connectivity index (χ0n) is 9.31. The van der Waals surface area contributed by atoms with Crippen LogP contribution in [0.15, 0.2) is 22.6 Å². The van der Waals surface area contributed by atoms with Gasteiger partial charge in [0.05, 0.1) is 7.11 Å². The summed E-state index contributed by atoms with van der Waals surface area (Å²) in [7, 11) is 1.33. The highest BCUT2D eigenvalue weighted by molar-refractivity contribution is 5.92. The van der Waals surface area contributed by atoms with Gasteiger partial charge in [-0.15, -0.1) is 0 Å².